The Morgan fingerprint density at radius 1 is 1.17 bits per heavy atom. The number of aromatic hydroxyl groups is 1. The lowest BCUT2D eigenvalue weighted by atomic mass is 10.1. The van der Waals surface area contributed by atoms with Crippen molar-refractivity contribution in [3.63, 3.8) is 0 Å². The number of rotatable bonds is 2. The zero-order chi connectivity index (χ0) is 13.3. The summed E-state index contributed by atoms with van der Waals surface area (Å²) in [6.45, 7) is 0. The normalized spacial score (nSPS) is 10.3. The number of benzene rings is 1. The lowest BCUT2D eigenvalue weighted by Crippen LogP contribution is -2.40. The molecule has 0 aliphatic heterocycles. The van der Waals surface area contributed by atoms with E-state index in [1.165, 1.54) is 5.01 Å². The Morgan fingerprint density at radius 2 is 1.78 bits per heavy atom. The van der Waals surface area contributed by atoms with E-state index in [2.05, 4.69) is 4.98 Å². The molecule has 94 valence electrons. The lowest BCUT2D eigenvalue weighted by molar-refractivity contribution is 0.406. The molecule has 0 saturated heterocycles. The Kier molecular flexibility index (Phi) is 2.93. The summed E-state index contributed by atoms with van der Waals surface area (Å²) >= 11 is 0. The minimum atomic E-state index is -0.679. The van der Waals surface area contributed by atoms with Gasteiger partial charge in [0.1, 0.15) is 5.56 Å². The molecule has 0 atom stereocenters. The molecule has 2 rings (SSSR count). The van der Waals surface area contributed by atoms with E-state index in [9.17, 15) is 14.7 Å². The van der Waals surface area contributed by atoms with Gasteiger partial charge in [0.2, 0.25) is 5.88 Å². The predicted octanol–water partition coefficient (Wildman–Crippen LogP) is 0.107. The van der Waals surface area contributed by atoms with Gasteiger partial charge in [0, 0.05) is 14.1 Å². The molecule has 6 nitrogen and oxygen atoms in total. The largest absolute Gasteiger partial charge is 0.493 e. The van der Waals surface area contributed by atoms with Crippen molar-refractivity contribution < 1.29 is 5.11 Å². The molecule has 0 amide bonds. The first-order valence-electron chi connectivity index (χ1n) is 5.33. The zero-order valence-electron chi connectivity index (χ0n) is 10.0. The van der Waals surface area contributed by atoms with Gasteiger partial charge < -0.3 is 10.1 Å². The van der Waals surface area contributed by atoms with Crippen LogP contribution in [-0.4, -0.2) is 28.9 Å². The van der Waals surface area contributed by atoms with Crippen molar-refractivity contribution in [2.24, 2.45) is 0 Å². The molecule has 6 heteroatoms. The second-order valence-electron chi connectivity index (χ2n) is 3.98. The van der Waals surface area contributed by atoms with Crippen molar-refractivity contribution in [1.82, 2.24) is 9.66 Å². The van der Waals surface area contributed by atoms with Crippen molar-refractivity contribution >= 4 is 0 Å². The first kappa shape index (κ1) is 12.0. The van der Waals surface area contributed by atoms with Gasteiger partial charge in [-0.2, -0.15) is 4.68 Å². The van der Waals surface area contributed by atoms with E-state index >= 15 is 0 Å². The van der Waals surface area contributed by atoms with Crippen LogP contribution in [0.15, 0.2) is 39.9 Å². The summed E-state index contributed by atoms with van der Waals surface area (Å²) in [4.78, 5) is 25.6. The average Bonchev–Trinajstić information content (AvgIpc) is 2.28. The van der Waals surface area contributed by atoms with Crippen LogP contribution in [0.3, 0.4) is 0 Å². The van der Waals surface area contributed by atoms with E-state index in [1.54, 1.807) is 44.4 Å². The SMILES string of the molecule is CN(C)n1c(O)c(-c2ccccc2)c(=O)[nH]c1=O. The molecule has 0 fully saturated rings. The molecule has 2 N–H and O–H groups in total. The van der Waals surface area contributed by atoms with Crippen LogP contribution in [-0.2, 0) is 0 Å². The van der Waals surface area contributed by atoms with Crippen molar-refractivity contribution in [2.45, 2.75) is 0 Å². The van der Waals surface area contributed by atoms with Gasteiger partial charge in [-0.1, -0.05) is 30.3 Å². The highest BCUT2D eigenvalue weighted by molar-refractivity contribution is 5.67. The van der Waals surface area contributed by atoms with Gasteiger partial charge in [-0.25, -0.2) is 4.79 Å². The van der Waals surface area contributed by atoms with Crippen LogP contribution in [0.4, 0.5) is 0 Å². The van der Waals surface area contributed by atoms with Gasteiger partial charge in [-0.15, -0.1) is 0 Å². The van der Waals surface area contributed by atoms with E-state index in [0.29, 0.717) is 5.56 Å². The van der Waals surface area contributed by atoms with Gasteiger partial charge in [-0.05, 0) is 5.56 Å². The van der Waals surface area contributed by atoms with Crippen LogP contribution in [0.25, 0.3) is 11.1 Å². The average molecular weight is 247 g/mol. The third-order valence-corrected chi connectivity index (χ3v) is 2.53. The molecule has 1 heterocycles. The van der Waals surface area contributed by atoms with Gasteiger partial charge in [0.15, 0.2) is 0 Å². The maximum atomic E-state index is 11.8. The number of H-pyrrole nitrogens is 1. The fraction of sp³-hybridized carbons (Fsp3) is 0.167. The number of nitrogens with one attached hydrogen (secondary N) is 1. The summed E-state index contributed by atoms with van der Waals surface area (Å²) in [5.41, 5.74) is -0.667. The third kappa shape index (κ3) is 1.88. The highest BCUT2D eigenvalue weighted by atomic mass is 16.3. The topological polar surface area (TPSA) is 78.3 Å². The molecule has 0 radical (unpaired) electrons. The molecular weight excluding hydrogens is 234 g/mol. The Morgan fingerprint density at radius 3 is 2.33 bits per heavy atom. The molecule has 0 saturated carbocycles. The molecule has 2 aromatic rings. The predicted molar refractivity (Wildman–Crippen MR) is 68.5 cm³/mol. The Bertz CT molecular complexity index is 671. The molecule has 18 heavy (non-hydrogen) atoms. The third-order valence-electron chi connectivity index (χ3n) is 2.53. The smallest absolute Gasteiger partial charge is 0.350 e. The highest BCUT2D eigenvalue weighted by Crippen LogP contribution is 2.23. The van der Waals surface area contributed by atoms with Crippen molar-refractivity contribution in [3.8, 4) is 17.0 Å². The molecule has 1 aromatic heterocycles. The van der Waals surface area contributed by atoms with E-state index in [0.717, 1.165) is 4.68 Å². The maximum absolute atomic E-state index is 11.8. The molecule has 0 spiro atoms. The minimum Gasteiger partial charge on any atom is -0.493 e. The molecular formula is C12H13N3O3. The maximum Gasteiger partial charge on any atom is 0.350 e. The summed E-state index contributed by atoms with van der Waals surface area (Å²) in [6, 6.07) is 8.68. The number of aromatic amines is 1. The standard InChI is InChI=1S/C12H13N3O3/c1-14(2)15-11(17)9(10(16)13-12(15)18)8-6-4-3-5-7-8/h3-7,17H,1-2H3,(H,13,16,18). The highest BCUT2D eigenvalue weighted by Gasteiger charge is 2.16. The molecule has 0 aliphatic rings. The van der Waals surface area contributed by atoms with Crippen LogP contribution < -0.4 is 16.3 Å². The van der Waals surface area contributed by atoms with Gasteiger partial charge >= 0.3 is 5.69 Å². The Balaban J connectivity index is 2.81. The van der Waals surface area contributed by atoms with E-state index in [1.807, 2.05) is 0 Å². The molecule has 0 aliphatic carbocycles. The van der Waals surface area contributed by atoms with Crippen LogP contribution >= 0.6 is 0 Å². The van der Waals surface area contributed by atoms with Gasteiger partial charge in [0.05, 0.1) is 0 Å². The summed E-state index contributed by atoms with van der Waals surface area (Å²) in [5, 5.41) is 11.5. The number of hydrogen-bond acceptors (Lipinski definition) is 4. The summed E-state index contributed by atoms with van der Waals surface area (Å²) in [5.74, 6) is -0.375. The van der Waals surface area contributed by atoms with E-state index in [-0.39, 0.29) is 11.4 Å². The second-order valence-corrected chi connectivity index (χ2v) is 3.98. The summed E-state index contributed by atoms with van der Waals surface area (Å²) < 4.78 is 0.990. The number of nitrogens with zero attached hydrogens (tertiary/aromatic N) is 2. The van der Waals surface area contributed by atoms with Gasteiger partial charge in [0.25, 0.3) is 5.56 Å². The lowest BCUT2D eigenvalue weighted by Gasteiger charge is -2.18. The van der Waals surface area contributed by atoms with E-state index < -0.39 is 11.2 Å². The van der Waals surface area contributed by atoms with Crippen LogP contribution in [0.2, 0.25) is 0 Å². The fourth-order valence-electron chi connectivity index (χ4n) is 1.75. The number of hydrogen-bond donors (Lipinski definition) is 2. The minimum absolute atomic E-state index is 0.0731. The van der Waals surface area contributed by atoms with Crippen molar-refractivity contribution in [2.75, 3.05) is 19.1 Å². The van der Waals surface area contributed by atoms with Crippen LogP contribution in [0.1, 0.15) is 0 Å². The molecule has 0 bridgehead atoms. The monoisotopic (exact) mass is 247 g/mol. The van der Waals surface area contributed by atoms with Crippen molar-refractivity contribution in [3.05, 3.63) is 51.2 Å². The fourth-order valence-corrected chi connectivity index (χ4v) is 1.75. The summed E-state index contributed by atoms with van der Waals surface area (Å²) in [7, 11) is 3.18. The summed E-state index contributed by atoms with van der Waals surface area (Å²) in [6.07, 6.45) is 0. The zero-order valence-corrected chi connectivity index (χ0v) is 10.0. The van der Waals surface area contributed by atoms with Crippen LogP contribution in [0, 0.1) is 0 Å². The van der Waals surface area contributed by atoms with Crippen LogP contribution in [0.5, 0.6) is 5.88 Å². The van der Waals surface area contributed by atoms with E-state index in [4.69, 9.17) is 0 Å². The van der Waals surface area contributed by atoms with Gasteiger partial charge in [-0.3, -0.25) is 9.78 Å². The number of aromatic nitrogens is 2. The molecule has 1 aromatic carbocycles. The Labute approximate surface area is 103 Å². The van der Waals surface area contributed by atoms with Crippen molar-refractivity contribution in [1.29, 1.82) is 0 Å². The quantitative estimate of drug-likeness (QED) is 0.789. The molecule has 0 unspecified atom stereocenters. The second kappa shape index (κ2) is 4.40. The Hall–Kier alpha value is -2.50. The first-order chi connectivity index (χ1) is 8.52. The first-order valence-corrected chi connectivity index (χ1v) is 5.33.